The summed E-state index contributed by atoms with van der Waals surface area (Å²) >= 11 is 0. The third-order valence-electron chi connectivity index (χ3n) is 3.13. The fourth-order valence-corrected chi connectivity index (χ4v) is 2.12. The number of carbonyl (C=O) groups is 1. The monoisotopic (exact) mass is 333 g/mol. The second-order valence-electron chi connectivity index (χ2n) is 4.81. The zero-order valence-electron chi connectivity index (χ0n) is 13.1. The van der Waals surface area contributed by atoms with E-state index in [9.17, 15) is 19.7 Å². The summed E-state index contributed by atoms with van der Waals surface area (Å²) in [6.07, 6.45) is 2.78. The van der Waals surface area contributed by atoms with Crippen molar-refractivity contribution in [2.45, 2.75) is 13.8 Å². The zero-order chi connectivity index (χ0) is 17.7. The molecule has 8 nitrogen and oxygen atoms in total. The first kappa shape index (κ1) is 17.2. The smallest absolute Gasteiger partial charge is 0.353 e. The number of nitrogens with zero attached hydrogens (tertiary/aromatic N) is 1. The average Bonchev–Trinajstić information content (AvgIpc) is 2.50. The van der Waals surface area contributed by atoms with Crippen molar-refractivity contribution in [1.29, 1.82) is 0 Å². The van der Waals surface area contributed by atoms with Gasteiger partial charge in [-0.2, -0.15) is 0 Å². The first-order chi connectivity index (χ1) is 11.4. The van der Waals surface area contributed by atoms with Gasteiger partial charge >= 0.3 is 17.3 Å². The lowest BCUT2D eigenvalue weighted by Crippen LogP contribution is -2.11. The summed E-state index contributed by atoms with van der Waals surface area (Å²) in [4.78, 5) is 33.3. The van der Waals surface area contributed by atoms with E-state index >= 15 is 0 Å². The number of allylic oxidation sites excluding steroid dienone is 1. The average molecular weight is 333 g/mol. The van der Waals surface area contributed by atoms with Gasteiger partial charge in [-0.05, 0) is 31.5 Å². The minimum atomic E-state index is -0.680. The molecule has 0 amide bonds. The first-order valence-corrected chi connectivity index (χ1v) is 7.08. The number of aryl methyl sites for hydroxylation is 1. The lowest BCUT2D eigenvalue weighted by atomic mass is 10.1. The number of nitro groups is 1. The van der Waals surface area contributed by atoms with E-state index in [0.717, 1.165) is 0 Å². The van der Waals surface area contributed by atoms with Gasteiger partial charge in [-0.3, -0.25) is 10.1 Å². The molecule has 0 saturated heterocycles. The van der Waals surface area contributed by atoms with E-state index in [0.29, 0.717) is 10.9 Å². The molecule has 0 radical (unpaired) electrons. The van der Waals surface area contributed by atoms with E-state index in [1.54, 1.807) is 19.9 Å². The molecule has 1 aromatic carbocycles. The number of nitro benzene ring substituents is 1. The zero-order valence-corrected chi connectivity index (χ0v) is 13.1. The predicted molar refractivity (Wildman–Crippen MR) is 85.1 cm³/mol. The molecule has 0 unspecified atom stereocenters. The summed E-state index contributed by atoms with van der Waals surface area (Å²) in [6.45, 7) is 3.18. The van der Waals surface area contributed by atoms with Crippen LogP contribution >= 0.6 is 0 Å². The van der Waals surface area contributed by atoms with Gasteiger partial charge < -0.3 is 13.9 Å². The molecule has 0 bridgehead atoms. The molecule has 0 fully saturated rings. The molecule has 0 N–H and O–H groups in total. The Morgan fingerprint density at radius 2 is 2.12 bits per heavy atom. The molecular formula is C16H15NO7. The van der Waals surface area contributed by atoms with E-state index in [1.165, 1.54) is 24.3 Å². The van der Waals surface area contributed by atoms with Crippen LogP contribution in [0, 0.1) is 17.0 Å². The second kappa shape index (κ2) is 7.40. The normalized spacial score (nSPS) is 10.9. The highest BCUT2D eigenvalue weighted by atomic mass is 16.6. The maximum Gasteiger partial charge on any atom is 0.353 e. The Hall–Kier alpha value is -3.16. The number of hydrogen-bond donors (Lipinski definition) is 0. The van der Waals surface area contributed by atoms with Gasteiger partial charge in [-0.25, -0.2) is 9.59 Å². The van der Waals surface area contributed by atoms with Crippen molar-refractivity contribution in [3.05, 3.63) is 56.4 Å². The van der Waals surface area contributed by atoms with Crippen LogP contribution in [-0.2, 0) is 9.53 Å². The maximum atomic E-state index is 11.5. The fourth-order valence-electron chi connectivity index (χ4n) is 2.12. The summed E-state index contributed by atoms with van der Waals surface area (Å²) in [5.74, 6) is -0.598. The lowest BCUT2D eigenvalue weighted by molar-refractivity contribution is -0.384. The fraction of sp³-hybridized carbons (Fsp3) is 0.250. The summed E-state index contributed by atoms with van der Waals surface area (Å²) in [5, 5.41) is 11.8. The van der Waals surface area contributed by atoms with E-state index in [4.69, 9.17) is 13.9 Å². The van der Waals surface area contributed by atoms with Crippen LogP contribution in [0.2, 0.25) is 0 Å². The number of ether oxygens (including phenoxy) is 2. The van der Waals surface area contributed by atoms with Crippen molar-refractivity contribution in [3.8, 4) is 5.75 Å². The topological polar surface area (TPSA) is 109 Å². The number of rotatable bonds is 6. The van der Waals surface area contributed by atoms with Gasteiger partial charge in [-0.1, -0.05) is 6.08 Å². The maximum absolute atomic E-state index is 11.5. The van der Waals surface area contributed by atoms with Crippen molar-refractivity contribution in [2.24, 2.45) is 0 Å². The van der Waals surface area contributed by atoms with E-state index in [-0.39, 0.29) is 24.5 Å². The predicted octanol–water partition coefficient (Wildman–Crippen LogP) is 2.51. The molecular weight excluding hydrogens is 318 g/mol. The van der Waals surface area contributed by atoms with Crippen LogP contribution in [0.5, 0.6) is 5.75 Å². The van der Waals surface area contributed by atoms with Crippen molar-refractivity contribution in [2.75, 3.05) is 13.2 Å². The van der Waals surface area contributed by atoms with Crippen LogP contribution in [0.25, 0.3) is 11.0 Å². The Labute approximate surface area is 136 Å². The molecule has 1 aromatic heterocycles. The molecule has 0 saturated carbocycles. The van der Waals surface area contributed by atoms with Crippen molar-refractivity contribution < 1.29 is 23.6 Å². The SMILES string of the molecule is CC=CC(=O)OCCOc1ccc2c(C)cc(=O)oc2c1[N+](=O)[O-]. The number of benzene rings is 1. The van der Waals surface area contributed by atoms with Gasteiger partial charge in [0.25, 0.3) is 0 Å². The number of fused-ring (bicyclic) bond motifs is 1. The molecule has 0 spiro atoms. The number of carbonyl (C=O) groups excluding carboxylic acids is 1. The summed E-state index contributed by atoms with van der Waals surface area (Å²) in [7, 11) is 0. The summed E-state index contributed by atoms with van der Waals surface area (Å²) < 4.78 is 15.1. The van der Waals surface area contributed by atoms with Gasteiger partial charge in [0.15, 0.2) is 0 Å². The number of esters is 1. The first-order valence-electron chi connectivity index (χ1n) is 7.08. The highest BCUT2D eigenvalue weighted by molar-refractivity contribution is 5.90. The quantitative estimate of drug-likeness (QED) is 0.199. The van der Waals surface area contributed by atoms with Crippen LogP contribution in [0.4, 0.5) is 5.69 Å². The minimum Gasteiger partial charge on any atom is -0.483 e. The molecule has 126 valence electrons. The Morgan fingerprint density at radius 3 is 2.79 bits per heavy atom. The van der Waals surface area contributed by atoms with E-state index < -0.39 is 22.2 Å². The van der Waals surface area contributed by atoms with Crippen LogP contribution in [0.1, 0.15) is 12.5 Å². The van der Waals surface area contributed by atoms with Gasteiger partial charge in [0.1, 0.15) is 13.2 Å². The molecule has 2 aromatic rings. The van der Waals surface area contributed by atoms with Crippen LogP contribution < -0.4 is 10.4 Å². The van der Waals surface area contributed by atoms with Crippen molar-refractivity contribution >= 4 is 22.6 Å². The molecule has 0 aliphatic rings. The highest BCUT2D eigenvalue weighted by Crippen LogP contribution is 2.35. The van der Waals surface area contributed by atoms with Gasteiger partial charge in [0.05, 0.1) is 4.92 Å². The van der Waals surface area contributed by atoms with E-state index in [2.05, 4.69) is 0 Å². The molecule has 1 heterocycles. The number of hydrogen-bond acceptors (Lipinski definition) is 7. The third kappa shape index (κ3) is 3.78. The molecule has 24 heavy (non-hydrogen) atoms. The van der Waals surface area contributed by atoms with Crippen LogP contribution in [0.15, 0.2) is 39.6 Å². The standard InChI is InChI=1S/C16H15NO7/c1-3-4-13(18)23-8-7-22-12-6-5-11-10(2)9-14(19)24-16(11)15(12)17(20)21/h3-6,9H,7-8H2,1-2H3. The Bertz CT molecular complexity index is 867. The Morgan fingerprint density at radius 1 is 1.38 bits per heavy atom. The summed E-state index contributed by atoms with van der Waals surface area (Å²) in [5.41, 5.74) is -0.696. The largest absolute Gasteiger partial charge is 0.483 e. The minimum absolute atomic E-state index is 0.0664. The van der Waals surface area contributed by atoms with Crippen molar-refractivity contribution in [3.63, 3.8) is 0 Å². The van der Waals surface area contributed by atoms with E-state index in [1.807, 2.05) is 0 Å². The van der Waals surface area contributed by atoms with Crippen LogP contribution in [0.3, 0.4) is 0 Å². The Kier molecular flexibility index (Phi) is 5.31. The van der Waals surface area contributed by atoms with Gasteiger partial charge in [-0.15, -0.1) is 0 Å². The Balaban J connectivity index is 2.27. The summed E-state index contributed by atoms with van der Waals surface area (Å²) in [6, 6.07) is 4.25. The molecule has 0 atom stereocenters. The highest BCUT2D eigenvalue weighted by Gasteiger charge is 2.23. The van der Waals surface area contributed by atoms with Gasteiger partial charge in [0.2, 0.25) is 11.3 Å². The second-order valence-corrected chi connectivity index (χ2v) is 4.81. The molecule has 2 rings (SSSR count). The molecule has 8 heteroatoms. The third-order valence-corrected chi connectivity index (χ3v) is 3.13. The van der Waals surface area contributed by atoms with Crippen LogP contribution in [-0.4, -0.2) is 24.1 Å². The molecule has 0 aliphatic carbocycles. The lowest BCUT2D eigenvalue weighted by Gasteiger charge is -2.09. The van der Waals surface area contributed by atoms with Gasteiger partial charge in [0, 0.05) is 17.5 Å². The van der Waals surface area contributed by atoms with Crippen molar-refractivity contribution in [1.82, 2.24) is 0 Å². The molecule has 0 aliphatic heterocycles.